The number of hydrogen-bond acceptors (Lipinski definition) is 5. The van der Waals surface area contributed by atoms with E-state index in [4.69, 9.17) is 0 Å². The second kappa shape index (κ2) is 8.86. The van der Waals surface area contributed by atoms with Crippen LogP contribution >= 0.6 is 0 Å². The molecule has 1 aliphatic carbocycles. The Labute approximate surface area is 178 Å². The van der Waals surface area contributed by atoms with Crippen LogP contribution in [-0.4, -0.2) is 61.0 Å². The van der Waals surface area contributed by atoms with Crippen molar-refractivity contribution in [2.75, 3.05) is 25.9 Å². The van der Waals surface area contributed by atoms with Crippen molar-refractivity contribution >= 4 is 15.7 Å². The van der Waals surface area contributed by atoms with Crippen LogP contribution in [0, 0.1) is 5.92 Å². The van der Waals surface area contributed by atoms with Gasteiger partial charge in [0.2, 0.25) is 0 Å². The highest BCUT2D eigenvalue weighted by atomic mass is 32.2. The monoisotopic (exact) mass is 427 g/mol. The van der Waals surface area contributed by atoms with Gasteiger partial charge in [-0.1, -0.05) is 0 Å². The van der Waals surface area contributed by atoms with Gasteiger partial charge < -0.3 is 4.90 Å². The van der Waals surface area contributed by atoms with Crippen molar-refractivity contribution in [3.05, 3.63) is 59.9 Å². The molecule has 4 rings (SSSR count). The first-order chi connectivity index (χ1) is 14.4. The number of piperidine rings is 1. The third-order valence-corrected chi connectivity index (χ3v) is 7.22. The molecule has 0 radical (unpaired) electrons. The number of pyridine rings is 1. The van der Waals surface area contributed by atoms with Crippen molar-refractivity contribution < 1.29 is 13.2 Å². The van der Waals surface area contributed by atoms with Gasteiger partial charge in [0.1, 0.15) is 0 Å². The topological polar surface area (TPSA) is 70.6 Å². The van der Waals surface area contributed by atoms with E-state index in [0.29, 0.717) is 11.5 Å². The van der Waals surface area contributed by atoms with E-state index >= 15 is 0 Å². The molecule has 1 amide bonds. The summed E-state index contributed by atoms with van der Waals surface area (Å²) in [4.78, 5) is 22.1. The molecule has 2 heterocycles. The second-order valence-corrected chi connectivity index (χ2v) is 10.6. The second-order valence-electron chi connectivity index (χ2n) is 8.56. The highest BCUT2D eigenvalue weighted by molar-refractivity contribution is 7.90. The van der Waals surface area contributed by atoms with Gasteiger partial charge >= 0.3 is 0 Å². The number of likely N-dealkylation sites (tertiary alicyclic amines) is 1. The molecule has 1 saturated heterocycles. The number of carbonyl (C=O) groups is 1. The number of nitrogens with zero attached hydrogens (tertiary/aromatic N) is 3. The van der Waals surface area contributed by atoms with Gasteiger partial charge in [0.15, 0.2) is 9.84 Å². The molecule has 160 valence electrons. The Hall–Kier alpha value is -2.25. The Morgan fingerprint density at radius 3 is 2.23 bits per heavy atom. The van der Waals surface area contributed by atoms with Crippen molar-refractivity contribution in [2.45, 2.75) is 43.2 Å². The summed E-state index contributed by atoms with van der Waals surface area (Å²) in [6, 6.07) is 10.7. The van der Waals surface area contributed by atoms with E-state index in [1.165, 1.54) is 36.8 Å². The Morgan fingerprint density at radius 1 is 1.03 bits per heavy atom. The lowest BCUT2D eigenvalue weighted by atomic mass is 10.0. The number of benzene rings is 1. The molecule has 2 aromatic rings. The average Bonchev–Trinajstić information content (AvgIpc) is 3.57. The minimum absolute atomic E-state index is 0.0227. The van der Waals surface area contributed by atoms with Crippen molar-refractivity contribution in [1.82, 2.24) is 14.8 Å². The number of carbonyl (C=O) groups excluding carboxylic acids is 1. The maximum Gasteiger partial charge on any atom is 0.254 e. The van der Waals surface area contributed by atoms with Gasteiger partial charge in [0.25, 0.3) is 5.91 Å². The average molecular weight is 428 g/mol. The number of aromatic nitrogens is 1. The number of sulfone groups is 1. The first-order valence-corrected chi connectivity index (χ1v) is 12.5. The summed E-state index contributed by atoms with van der Waals surface area (Å²) >= 11 is 0. The summed E-state index contributed by atoms with van der Waals surface area (Å²) in [6.45, 7) is 3.66. The molecular formula is C23H29N3O3S. The quantitative estimate of drug-likeness (QED) is 0.679. The molecule has 1 aromatic heterocycles. The van der Waals surface area contributed by atoms with Gasteiger partial charge in [-0.05, 0) is 73.6 Å². The van der Waals surface area contributed by atoms with Crippen LogP contribution in [0.4, 0.5) is 0 Å². The summed E-state index contributed by atoms with van der Waals surface area (Å²) in [7, 11) is -3.26. The lowest BCUT2D eigenvalue weighted by molar-refractivity contribution is 0.0552. The van der Waals surface area contributed by atoms with Gasteiger partial charge in [-0.3, -0.25) is 14.7 Å². The molecule has 0 N–H and O–H groups in total. The number of amides is 1. The normalized spacial score (nSPS) is 18.3. The zero-order chi connectivity index (χ0) is 21.1. The van der Waals surface area contributed by atoms with E-state index < -0.39 is 9.84 Å². The van der Waals surface area contributed by atoms with Crippen LogP contribution in [0.15, 0.2) is 53.7 Å². The smallest absolute Gasteiger partial charge is 0.254 e. The maximum absolute atomic E-state index is 13.3. The number of rotatable bonds is 7. The van der Waals surface area contributed by atoms with E-state index in [2.05, 4.69) is 26.9 Å². The van der Waals surface area contributed by atoms with Crippen LogP contribution < -0.4 is 0 Å². The summed E-state index contributed by atoms with van der Waals surface area (Å²) in [5.74, 6) is 0.633. The fourth-order valence-corrected chi connectivity index (χ4v) is 4.75. The third-order valence-electron chi connectivity index (χ3n) is 6.10. The molecule has 0 atom stereocenters. The van der Waals surface area contributed by atoms with E-state index in [-0.39, 0.29) is 16.8 Å². The van der Waals surface area contributed by atoms with E-state index in [1.54, 1.807) is 12.1 Å². The lowest BCUT2D eigenvalue weighted by Gasteiger charge is -2.39. The standard InChI is InChI=1S/C23H29N3O3S/c1-30(28,29)22-6-4-20(5-7-22)23(27)26(17-18-2-3-18)21-10-14-25(15-11-21)16-19-8-12-24-13-9-19/h4-9,12-13,18,21H,2-3,10-11,14-17H2,1H3. The minimum atomic E-state index is -3.26. The van der Waals surface area contributed by atoms with E-state index in [0.717, 1.165) is 39.0 Å². The maximum atomic E-state index is 13.3. The van der Waals surface area contributed by atoms with Crippen LogP contribution in [0.2, 0.25) is 0 Å². The highest BCUT2D eigenvalue weighted by Gasteiger charge is 2.33. The van der Waals surface area contributed by atoms with Gasteiger partial charge in [-0.2, -0.15) is 0 Å². The largest absolute Gasteiger partial charge is 0.335 e. The summed E-state index contributed by atoms with van der Waals surface area (Å²) in [5, 5.41) is 0. The molecule has 6 nitrogen and oxygen atoms in total. The summed E-state index contributed by atoms with van der Waals surface area (Å²) in [5.41, 5.74) is 1.84. The molecule has 30 heavy (non-hydrogen) atoms. The van der Waals surface area contributed by atoms with Gasteiger partial charge in [0.05, 0.1) is 4.90 Å². The zero-order valence-electron chi connectivity index (χ0n) is 17.4. The lowest BCUT2D eigenvalue weighted by Crippen LogP contribution is -2.48. The predicted octanol–water partition coefficient (Wildman–Crippen LogP) is 3.00. The molecule has 1 aromatic carbocycles. The Balaban J connectivity index is 1.42. The Bertz CT molecular complexity index is 965. The fraction of sp³-hybridized carbons (Fsp3) is 0.478. The van der Waals surface area contributed by atoms with E-state index in [9.17, 15) is 13.2 Å². The first kappa shape index (κ1) is 21.0. The van der Waals surface area contributed by atoms with Crippen LogP contribution in [0.25, 0.3) is 0 Å². The molecule has 2 aliphatic rings. The van der Waals surface area contributed by atoms with Gasteiger partial charge in [-0.25, -0.2) is 8.42 Å². The Kier molecular flexibility index (Phi) is 6.20. The molecule has 1 aliphatic heterocycles. The van der Waals surface area contributed by atoms with Crippen molar-refractivity contribution in [2.24, 2.45) is 5.92 Å². The van der Waals surface area contributed by atoms with Crippen LogP contribution in [0.1, 0.15) is 41.6 Å². The minimum Gasteiger partial charge on any atom is -0.335 e. The molecule has 7 heteroatoms. The van der Waals surface area contributed by atoms with Crippen molar-refractivity contribution in [1.29, 1.82) is 0 Å². The molecule has 0 spiro atoms. The molecule has 0 unspecified atom stereocenters. The summed E-state index contributed by atoms with van der Waals surface area (Å²) < 4.78 is 23.4. The van der Waals surface area contributed by atoms with Crippen LogP contribution in [-0.2, 0) is 16.4 Å². The Morgan fingerprint density at radius 2 is 1.67 bits per heavy atom. The molecule has 1 saturated carbocycles. The molecule has 0 bridgehead atoms. The molecular weight excluding hydrogens is 398 g/mol. The number of hydrogen-bond donors (Lipinski definition) is 0. The highest BCUT2D eigenvalue weighted by Crippen LogP contribution is 2.32. The first-order valence-electron chi connectivity index (χ1n) is 10.6. The predicted molar refractivity (Wildman–Crippen MR) is 116 cm³/mol. The van der Waals surface area contributed by atoms with Crippen molar-refractivity contribution in [3.8, 4) is 0 Å². The summed E-state index contributed by atoms with van der Waals surface area (Å²) in [6.07, 6.45) is 9.15. The van der Waals surface area contributed by atoms with Gasteiger partial charge in [-0.15, -0.1) is 0 Å². The van der Waals surface area contributed by atoms with Gasteiger partial charge in [0, 0.05) is 56.4 Å². The van der Waals surface area contributed by atoms with E-state index in [1.807, 2.05) is 12.4 Å². The van der Waals surface area contributed by atoms with Crippen LogP contribution in [0.5, 0.6) is 0 Å². The van der Waals surface area contributed by atoms with Crippen molar-refractivity contribution in [3.63, 3.8) is 0 Å². The molecule has 2 fully saturated rings. The zero-order valence-corrected chi connectivity index (χ0v) is 18.2. The fourth-order valence-electron chi connectivity index (χ4n) is 4.12. The SMILES string of the molecule is CS(=O)(=O)c1ccc(C(=O)N(CC2CC2)C2CCN(Cc3ccncc3)CC2)cc1. The third kappa shape index (κ3) is 5.26. The van der Waals surface area contributed by atoms with Crippen LogP contribution in [0.3, 0.4) is 0 Å².